The largest absolute Gasteiger partial charge is 0.325 e. The SMILES string of the molecule is NCc1nc(C2CCNC2)cs1. The second-order valence-corrected chi connectivity index (χ2v) is 4.00. The standard InChI is InChI=1S/C8H13N3S/c9-3-8-11-7(5-12-8)6-1-2-10-4-6/h5-6,10H,1-4,9H2. The van der Waals surface area contributed by atoms with Crippen LogP contribution in [-0.4, -0.2) is 18.1 Å². The van der Waals surface area contributed by atoms with Gasteiger partial charge in [0.1, 0.15) is 5.01 Å². The molecule has 0 amide bonds. The van der Waals surface area contributed by atoms with Crippen LogP contribution < -0.4 is 11.1 Å². The molecule has 0 aromatic carbocycles. The van der Waals surface area contributed by atoms with Gasteiger partial charge in [-0.15, -0.1) is 11.3 Å². The number of nitrogens with two attached hydrogens (primary N) is 1. The van der Waals surface area contributed by atoms with Gasteiger partial charge in [0.2, 0.25) is 0 Å². The van der Waals surface area contributed by atoms with Gasteiger partial charge in [-0.05, 0) is 13.0 Å². The maximum absolute atomic E-state index is 5.49. The van der Waals surface area contributed by atoms with Crippen molar-refractivity contribution in [1.29, 1.82) is 0 Å². The summed E-state index contributed by atoms with van der Waals surface area (Å²) in [6.45, 7) is 2.78. The summed E-state index contributed by atoms with van der Waals surface area (Å²) in [6.07, 6.45) is 1.22. The van der Waals surface area contributed by atoms with Crippen molar-refractivity contribution in [1.82, 2.24) is 10.3 Å². The molecule has 0 bridgehead atoms. The van der Waals surface area contributed by atoms with Crippen LogP contribution in [0.3, 0.4) is 0 Å². The van der Waals surface area contributed by atoms with Crippen molar-refractivity contribution in [3.63, 3.8) is 0 Å². The van der Waals surface area contributed by atoms with E-state index in [1.54, 1.807) is 11.3 Å². The molecule has 1 fully saturated rings. The molecule has 0 spiro atoms. The van der Waals surface area contributed by atoms with Gasteiger partial charge < -0.3 is 11.1 Å². The van der Waals surface area contributed by atoms with E-state index in [-0.39, 0.29) is 0 Å². The first-order chi connectivity index (χ1) is 5.90. The van der Waals surface area contributed by atoms with Gasteiger partial charge in [-0.3, -0.25) is 0 Å². The number of nitrogens with one attached hydrogen (secondary N) is 1. The van der Waals surface area contributed by atoms with Gasteiger partial charge in [-0.25, -0.2) is 4.98 Å². The summed E-state index contributed by atoms with van der Waals surface area (Å²) < 4.78 is 0. The molecule has 12 heavy (non-hydrogen) atoms. The summed E-state index contributed by atoms with van der Waals surface area (Å²) in [5.74, 6) is 0.626. The highest BCUT2D eigenvalue weighted by Gasteiger charge is 2.18. The van der Waals surface area contributed by atoms with E-state index in [0.29, 0.717) is 12.5 Å². The molecule has 0 radical (unpaired) electrons. The summed E-state index contributed by atoms with van der Waals surface area (Å²) in [4.78, 5) is 4.46. The summed E-state index contributed by atoms with van der Waals surface area (Å²) >= 11 is 1.67. The molecule has 1 unspecified atom stereocenters. The Morgan fingerprint density at radius 1 is 1.75 bits per heavy atom. The van der Waals surface area contributed by atoms with Crippen LogP contribution in [-0.2, 0) is 6.54 Å². The first-order valence-corrected chi connectivity index (χ1v) is 5.13. The van der Waals surface area contributed by atoms with Gasteiger partial charge in [-0.1, -0.05) is 0 Å². The molecule has 1 aliphatic heterocycles. The Morgan fingerprint density at radius 2 is 2.67 bits per heavy atom. The molecule has 0 aliphatic carbocycles. The molecule has 3 N–H and O–H groups in total. The van der Waals surface area contributed by atoms with Gasteiger partial charge in [0, 0.05) is 24.4 Å². The Morgan fingerprint density at radius 3 is 3.25 bits per heavy atom. The van der Waals surface area contributed by atoms with E-state index >= 15 is 0 Å². The van der Waals surface area contributed by atoms with E-state index < -0.39 is 0 Å². The normalized spacial score (nSPS) is 23.2. The van der Waals surface area contributed by atoms with Crippen molar-refractivity contribution in [2.24, 2.45) is 5.73 Å². The minimum atomic E-state index is 0.574. The number of nitrogens with zero attached hydrogens (tertiary/aromatic N) is 1. The van der Waals surface area contributed by atoms with E-state index in [2.05, 4.69) is 15.7 Å². The van der Waals surface area contributed by atoms with Crippen molar-refractivity contribution in [2.45, 2.75) is 18.9 Å². The lowest BCUT2D eigenvalue weighted by atomic mass is 10.1. The maximum Gasteiger partial charge on any atom is 0.106 e. The van der Waals surface area contributed by atoms with E-state index in [9.17, 15) is 0 Å². The van der Waals surface area contributed by atoms with Crippen LogP contribution in [0.1, 0.15) is 23.0 Å². The van der Waals surface area contributed by atoms with E-state index in [1.165, 1.54) is 12.1 Å². The molecule has 66 valence electrons. The van der Waals surface area contributed by atoms with Crippen molar-refractivity contribution >= 4 is 11.3 Å². The second kappa shape index (κ2) is 3.51. The van der Waals surface area contributed by atoms with Crippen LogP contribution in [0.4, 0.5) is 0 Å². The molecule has 0 saturated carbocycles. The van der Waals surface area contributed by atoms with E-state index in [1.807, 2.05) is 0 Å². The van der Waals surface area contributed by atoms with Crippen LogP contribution in [0, 0.1) is 0 Å². The lowest BCUT2D eigenvalue weighted by molar-refractivity contribution is 0.736. The number of hydrogen-bond acceptors (Lipinski definition) is 4. The number of thiazole rings is 1. The van der Waals surface area contributed by atoms with Crippen molar-refractivity contribution in [3.05, 3.63) is 16.1 Å². The fraction of sp³-hybridized carbons (Fsp3) is 0.625. The lowest BCUT2D eigenvalue weighted by Gasteiger charge is -2.01. The zero-order valence-corrected chi connectivity index (χ0v) is 7.73. The summed E-state index contributed by atoms with van der Waals surface area (Å²) in [5.41, 5.74) is 6.72. The van der Waals surface area contributed by atoms with Crippen LogP contribution in [0.5, 0.6) is 0 Å². The van der Waals surface area contributed by atoms with Crippen LogP contribution in [0.2, 0.25) is 0 Å². The Kier molecular flexibility index (Phi) is 2.39. The topological polar surface area (TPSA) is 50.9 Å². The highest BCUT2D eigenvalue weighted by molar-refractivity contribution is 7.09. The molecular weight excluding hydrogens is 170 g/mol. The third-order valence-electron chi connectivity index (χ3n) is 2.22. The molecule has 4 heteroatoms. The first kappa shape index (κ1) is 8.16. The minimum Gasteiger partial charge on any atom is -0.325 e. The number of aromatic nitrogens is 1. The lowest BCUT2D eigenvalue weighted by Crippen LogP contribution is -2.08. The maximum atomic E-state index is 5.49. The van der Waals surface area contributed by atoms with Gasteiger partial charge in [0.05, 0.1) is 5.69 Å². The van der Waals surface area contributed by atoms with Crippen molar-refractivity contribution in [3.8, 4) is 0 Å². The van der Waals surface area contributed by atoms with Gasteiger partial charge in [0.15, 0.2) is 0 Å². The molecule has 1 saturated heterocycles. The van der Waals surface area contributed by atoms with Gasteiger partial charge >= 0.3 is 0 Å². The third-order valence-corrected chi connectivity index (χ3v) is 3.11. The molecule has 2 heterocycles. The first-order valence-electron chi connectivity index (χ1n) is 4.25. The van der Waals surface area contributed by atoms with Crippen LogP contribution in [0.25, 0.3) is 0 Å². The Labute approximate surface area is 76.0 Å². The fourth-order valence-corrected chi connectivity index (χ4v) is 2.27. The summed E-state index contributed by atoms with van der Waals surface area (Å²) in [6, 6.07) is 0. The Hall–Kier alpha value is -0.450. The molecule has 1 atom stereocenters. The minimum absolute atomic E-state index is 0.574. The monoisotopic (exact) mass is 183 g/mol. The smallest absolute Gasteiger partial charge is 0.106 e. The summed E-state index contributed by atoms with van der Waals surface area (Å²) in [7, 11) is 0. The molecule has 1 aliphatic rings. The van der Waals surface area contributed by atoms with Gasteiger partial charge in [-0.2, -0.15) is 0 Å². The summed E-state index contributed by atoms with van der Waals surface area (Å²) in [5, 5.41) is 6.52. The molecule has 3 nitrogen and oxygen atoms in total. The van der Waals surface area contributed by atoms with Crippen LogP contribution in [0.15, 0.2) is 5.38 Å². The molecule has 2 rings (SSSR count). The second-order valence-electron chi connectivity index (χ2n) is 3.06. The third kappa shape index (κ3) is 1.50. The quantitative estimate of drug-likeness (QED) is 0.709. The number of hydrogen-bond donors (Lipinski definition) is 2. The van der Waals surface area contributed by atoms with Crippen molar-refractivity contribution < 1.29 is 0 Å². The predicted molar refractivity (Wildman–Crippen MR) is 50.2 cm³/mol. The molecule has 1 aromatic heterocycles. The van der Waals surface area contributed by atoms with E-state index in [0.717, 1.165) is 18.1 Å². The van der Waals surface area contributed by atoms with E-state index in [4.69, 9.17) is 5.73 Å². The molecule has 1 aromatic rings. The Balaban J connectivity index is 2.11. The highest BCUT2D eigenvalue weighted by Crippen LogP contribution is 2.23. The zero-order chi connectivity index (χ0) is 8.39. The molecular formula is C8H13N3S. The number of rotatable bonds is 2. The Bertz CT molecular complexity index is 253. The zero-order valence-electron chi connectivity index (χ0n) is 6.92. The fourth-order valence-electron chi connectivity index (χ4n) is 1.51. The predicted octanol–water partition coefficient (Wildman–Crippen LogP) is 0.679. The average Bonchev–Trinajstić information content (AvgIpc) is 2.75. The van der Waals surface area contributed by atoms with Crippen molar-refractivity contribution in [2.75, 3.05) is 13.1 Å². The van der Waals surface area contributed by atoms with Gasteiger partial charge in [0.25, 0.3) is 0 Å². The highest BCUT2D eigenvalue weighted by atomic mass is 32.1. The average molecular weight is 183 g/mol. The van der Waals surface area contributed by atoms with Crippen LogP contribution >= 0.6 is 11.3 Å².